The summed E-state index contributed by atoms with van der Waals surface area (Å²) in [7, 11) is 0. The fourth-order valence-corrected chi connectivity index (χ4v) is 3.03. The maximum absolute atomic E-state index is 10.3. The molecular weight excluding hydrogens is 320 g/mol. The number of fused-ring (bicyclic) bond motifs is 2. The zero-order valence-electron chi connectivity index (χ0n) is 14.0. The molecule has 25 heavy (non-hydrogen) atoms. The molecule has 0 amide bonds. The van der Waals surface area contributed by atoms with Crippen LogP contribution in [0, 0.1) is 6.92 Å². The highest BCUT2D eigenvalue weighted by Crippen LogP contribution is 2.32. The number of nitrogens with zero attached hydrogens (tertiary/aromatic N) is 2. The van der Waals surface area contributed by atoms with Crippen molar-refractivity contribution in [3.8, 4) is 11.5 Å². The zero-order valence-corrected chi connectivity index (χ0v) is 14.0. The van der Waals surface area contributed by atoms with Crippen LogP contribution in [0.1, 0.15) is 11.4 Å². The molecule has 0 fully saturated rings. The maximum Gasteiger partial charge on any atom is 0.231 e. The lowest BCUT2D eigenvalue weighted by atomic mass is 10.2. The molecule has 0 spiro atoms. The van der Waals surface area contributed by atoms with Crippen molar-refractivity contribution in [3.05, 3.63) is 53.9 Å². The van der Waals surface area contributed by atoms with Crippen LogP contribution < -0.4 is 9.47 Å². The van der Waals surface area contributed by atoms with Gasteiger partial charge in [0.15, 0.2) is 11.5 Å². The van der Waals surface area contributed by atoms with E-state index in [1.165, 1.54) is 0 Å². The molecule has 1 aromatic heterocycles. The lowest BCUT2D eigenvalue weighted by Crippen LogP contribution is -2.22. The van der Waals surface area contributed by atoms with Gasteiger partial charge in [-0.2, -0.15) is 0 Å². The molecule has 2 heterocycles. The van der Waals surface area contributed by atoms with E-state index < -0.39 is 6.10 Å². The Kier molecular flexibility index (Phi) is 4.29. The van der Waals surface area contributed by atoms with Gasteiger partial charge in [-0.3, -0.25) is 0 Å². The van der Waals surface area contributed by atoms with E-state index in [1.54, 1.807) is 0 Å². The van der Waals surface area contributed by atoms with Gasteiger partial charge in [-0.1, -0.05) is 18.2 Å². The highest BCUT2D eigenvalue weighted by atomic mass is 16.7. The van der Waals surface area contributed by atoms with Crippen LogP contribution in [-0.2, 0) is 17.9 Å². The molecule has 4 rings (SSSR count). The van der Waals surface area contributed by atoms with Crippen LogP contribution >= 0.6 is 0 Å². The van der Waals surface area contributed by atoms with Crippen molar-refractivity contribution < 1.29 is 19.3 Å². The molecule has 1 N–H and O–H groups in total. The highest BCUT2D eigenvalue weighted by Gasteiger charge is 2.14. The van der Waals surface area contributed by atoms with E-state index in [2.05, 4.69) is 4.98 Å². The first-order valence-electron chi connectivity index (χ1n) is 8.27. The number of ether oxygens (including phenoxy) is 3. The van der Waals surface area contributed by atoms with E-state index in [0.29, 0.717) is 13.2 Å². The molecule has 0 bridgehead atoms. The molecule has 0 saturated carbocycles. The summed E-state index contributed by atoms with van der Waals surface area (Å²) in [6.45, 7) is 3.32. The summed E-state index contributed by atoms with van der Waals surface area (Å²) in [5, 5.41) is 10.3. The largest absolute Gasteiger partial charge is 0.454 e. The summed E-state index contributed by atoms with van der Waals surface area (Å²) < 4.78 is 18.3. The predicted molar refractivity (Wildman–Crippen MR) is 92.7 cm³/mol. The SMILES string of the molecule is Cc1nc2ccccc2n1C[C@@H](O)COCc1ccc2c(c1)OCO2. The summed E-state index contributed by atoms with van der Waals surface area (Å²) in [6.07, 6.45) is -0.606. The lowest BCUT2D eigenvalue weighted by Gasteiger charge is -2.14. The van der Waals surface area contributed by atoms with Crippen molar-refractivity contribution >= 4 is 11.0 Å². The van der Waals surface area contributed by atoms with E-state index in [9.17, 15) is 5.11 Å². The van der Waals surface area contributed by atoms with Gasteiger partial charge in [-0.05, 0) is 36.8 Å². The third-order valence-corrected chi connectivity index (χ3v) is 4.25. The van der Waals surface area contributed by atoms with Gasteiger partial charge in [-0.15, -0.1) is 0 Å². The van der Waals surface area contributed by atoms with Crippen LogP contribution in [0.4, 0.5) is 0 Å². The average molecular weight is 340 g/mol. The van der Waals surface area contributed by atoms with Crippen LogP contribution in [0.3, 0.4) is 0 Å². The van der Waals surface area contributed by atoms with Crippen LogP contribution in [0.25, 0.3) is 11.0 Å². The van der Waals surface area contributed by atoms with Crippen molar-refractivity contribution in [2.45, 2.75) is 26.2 Å². The van der Waals surface area contributed by atoms with Crippen molar-refractivity contribution in [1.29, 1.82) is 0 Å². The normalized spacial score (nSPS) is 14.2. The van der Waals surface area contributed by atoms with Crippen LogP contribution in [0.5, 0.6) is 11.5 Å². The number of aryl methyl sites for hydroxylation is 1. The van der Waals surface area contributed by atoms with Crippen molar-refractivity contribution in [2.24, 2.45) is 0 Å². The first-order valence-corrected chi connectivity index (χ1v) is 8.27. The molecule has 0 aliphatic carbocycles. The van der Waals surface area contributed by atoms with Crippen molar-refractivity contribution in [2.75, 3.05) is 13.4 Å². The number of hydrogen-bond donors (Lipinski definition) is 1. The third-order valence-electron chi connectivity index (χ3n) is 4.25. The van der Waals surface area contributed by atoms with Crippen LogP contribution in [-0.4, -0.2) is 34.2 Å². The van der Waals surface area contributed by atoms with Crippen molar-refractivity contribution in [1.82, 2.24) is 9.55 Å². The number of benzene rings is 2. The number of hydrogen-bond acceptors (Lipinski definition) is 5. The zero-order chi connectivity index (χ0) is 17.2. The van der Waals surface area contributed by atoms with E-state index >= 15 is 0 Å². The van der Waals surface area contributed by atoms with Gasteiger partial charge >= 0.3 is 0 Å². The highest BCUT2D eigenvalue weighted by molar-refractivity contribution is 5.75. The van der Waals surface area contributed by atoms with Gasteiger partial charge < -0.3 is 23.9 Å². The summed E-state index contributed by atoms with van der Waals surface area (Å²) in [5.41, 5.74) is 2.95. The molecular formula is C19H20N2O4. The topological polar surface area (TPSA) is 65.7 Å². The first kappa shape index (κ1) is 15.9. The Hall–Kier alpha value is -2.57. The molecule has 1 atom stereocenters. The Bertz CT molecular complexity index is 890. The second-order valence-electron chi connectivity index (χ2n) is 6.11. The summed E-state index contributed by atoms with van der Waals surface area (Å²) in [4.78, 5) is 4.51. The van der Waals surface area contributed by atoms with Gasteiger partial charge in [-0.25, -0.2) is 4.98 Å². The number of aliphatic hydroxyl groups is 1. The van der Waals surface area contributed by atoms with Crippen molar-refractivity contribution in [3.63, 3.8) is 0 Å². The minimum absolute atomic E-state index is 0.250. The van der Waals surface area contributed by atoms with E-state index in [1.807, 2.05) is 54.0 Å². The molecule has 6 nitrogen and oxygen atoms in total. The Labute approximate surface area is 145 Å². The third kappa shape index (κ3) is 3.31. The molecule has 1 aliphatic rings. The number of aliphatic hydroxyl groups excluding tert-OH is 1. The van der Waals surface area contributed by atoms with E-state index in [0.717, 1.165) is 33.9 Å². The van der Waals surface area contributed by atoms with Gasteiger partial charge in [0.05, 0.1) is 36.9 Å². The van der Waals surface area contributed by atoms with E-state index in [-0.39, 0.29) is 13.4 Å². The first-order chi connectivity index (χ1) is 12.2. The maximum atomic E-state index is 10.3. The number of aromatic nitrogens is 2. The second kappa shape index (κ2) is 6.74. The summed E-state index contributed by atoms with van der Waals surface area (Å²) in [5.74, 6) is 2.38. The minimum atomic E-state index is -0.606. The fraction of sp³-hybridized carbons (Fsp3) is 0.316. The van der Waals surface area contributed by atoms with Crippen LogP contribution in [0.2, 0.25) is 0 Å². The van der Waals surface area contributed by atoms with Gasteiger partial charge in [0.2, 0.25) is 6.79 Å². The number of imidazole rings is 1. The Morgan fingerprint density at radius 1 is 1.20 bits per heavy atom. The monoisotopic (exact) mass is 340 g/mol. The summed E-state index contributed by atoms with van der Waals surface area (Å²) in [6, 6.07) is 13.6. The Balaban J connectivity index is 1.34. The predicted octanol–water partition coefficient (Wildman–Crippen LogP) is 2.65. The van der Waals surface area contributed by atoms with Gasteiger partial charge in [0, 0.05) is 0 Å². The minimum Gasteiger partial charge on any atom is -0.454 e. The fourth-order valence-electron chi connectivity index (χ4n) is 3.03. The Morgan fingerprint density at radius 2 is 2.04 bits per heavy atom. The molecule has 130 valence electrons. The van der Waals surface area contributed by atoms with Crippen LogP contribution in [0.15, 0.2) is 42.5 Å². The Morgan fingerprint density at radius 3 is 2.96 bits per heavy atom. The molecule has 0 saturated heterocycles. The van der Waals surface area contributed by atoms with E-state index in [4.69, 9.17) is 14.2 Å². The van der Waals surface area contributed by atoms with Gasteiger partial charge in [0.25, 0.3) is 0 Å². The quantitative estimate of drug-likeness (QED) is 0.747. The molecule has 1 aliphatic heterocycles. The molecule has 0 radical (unpaired) electrons. The molecule has 6 heteroatoms. The molecule has 3 aromatic rings. The lowest BCUT2D eigenvalue weighted by molar-refractivity contribution is 0.0206. The average Bonchev–Trinajstić information content (AvgIpc) is 3.19. The number of para-hydroxylation sites is 2. The molecule has 2 aromatic carbocycles. The second-order valence-corrected chi connectivity index (χ2v) is 6.11. The molecule has 0 unspecified atom stereocenters. The van der Waals surface area contributed by atoms with Gasteiger partial charge in [0.1, 0.15) is 5.82 Å². The smallest absolute Gasteiger partial charge is 0.231 e. The summed E-state index contributed by atoms with van der Waals surface area (Å²) >= 11 is 0. The number of rotatable bonds is 6. The standard InChI is InChI=1S/C19H20N2O4/c1-13-20-16-4-2-3-5-17(16)21(13)9-15(22)11-23-10-14-6-7-18-19(8-14)25-12-24-18/h2-8,15,22H,9-12H2,1H3/t15-/m1/s1.